The molecule has 1 aliphatic rings. The predicted octanol–water partition coefficient (Wildman–Crippen LogP) is -0.464. The van der Waals surface area contributed by atoms with E-state index in [1.54, 1.807) is 24.9 Å². The molecule has 0 bridgehead atoms. The van der Waals surface area contributed by atoms with Gasteiger partial charge in [-0.1, -0.05) is 0 Å². The summed E-state index contributed by atoms with van der Waals surface area (Å²) < 4.78 is 1.56. The molecule has 2 heterocycles. The van der Waals surface area contributed by atoms with Crippen LogP contribution in [0.1, 0.15) is 12.1 Å². The monoisotopic (exact) mass is 295 g/mol. The van der Waals surface area contributed by atoms with Crippen LogP contribution in [-0.4, -0.2) is 56.8 Å². The number of aryl methyl sites for hydroxylation is 2. The summed E-state index contributed by atoms with van der Waals surface area (Å²) in [5.74, 6) is -1.59. The maximum Gasteiger partial charge on any atom is 0.322 e. The Bertz CT molecular complexity index is 582. The Kier molecular flexibility index (Phi) is 4.10. The normalized spacial score (nSPS) is 18.3. The number of nitrogens with one attached hydrogen (secondary N) is 2. The van der Waals surface area contributed by atoms with Crippen molar-refractivity contribution in [3.05, 3.63) is 11.9 Å². The summed E-state index contributed by atoms with van der Waals surface area (Å²) in [5, 5.41) is 18.2. The molecule has 1 unspecified atom stereocenters. The third kappa shape index (κ3) is 3.30. The molecule has 0 spiro atoms. The van der Waals surface area contributed by atoms with Crippen LogP contribution in [0.25, 0.3) is 0 Å². The molecule has 1 aromatic heterocycles. The Hall–Kier alpha value is -2.58. The fourth-order valence-corrected chi connectivity index (χ4v) is 2.24. The number of hydrogen-bond donors (Lipinski definition) is 3. The highest BCUT2D eigenvalue weighted by molar-refractivity contribution is 5.96. The number of carbonyl (C=O) groups is 3. The van der Waals surface area contributed by atoms with Gasteiger partial charge in [0.1, 0.15) is 6.04 Å². The number of carboxylic acids is 1. The van der Waals surface area contributed by atoms with Crippen LogP contribution in [-0.2, 0) is 16.6 Å². The zero-order chi connectivity index (χ0) is 15.6. The zero-order valence-corrected chi connectivity index (χ0v) is 11.8. The minimum atomic E-state index is -1.13. The van der Waals surface area contributed by atoms with E-state index in [-0.39, 0.29) is 6.54 Å². The number of aromatic nitrogens is 2. The van der Waals surface area contributed by atoms with Gasteiger partial charge in [-0.3, -0.25) is 14.3 Å². The van der Waals surface area contributed by atoms with Crippen molar-refractivity contribution in [3.8, 4) is 0 Å². The molecule has 21 heavy (non-hydrogen) atoms. The van der Waals surface area contributed by atoms with Gasteiger partial charge in [0.25, 0.3) is 0 Å². The van der Waals surface area contributed by atoms with Crippen molar-refractivity contribution in [2.75, 3.05) is 18.4 Å². The van der Waals surface area contributed by atoms with Crippen molar-refractivity contribution in [1.82, 2.24) is 20.0 Å². The Morgan fingerprint density at radius 2 is 2.29 bits per heavy atom. The smallest absolute Gasteiger partial charge is 0.322 e. The van der Waals surface area contributed by atoms with Crippen LogP contribution in [0.4, 0.5) is 10.5 Å². The lowest BCUT2D eigenvalue weighted by Gasteiger charge is -2.34. The Morgan fingerprint density at radius 1 is 1.57 bits per heavy atom. The molecular weight excluding hydrogens is 278 g/mol. The maximum atomic E-state index is 12.3. The number of carbonyl (C=O) groups excluding carboxylic acids is 2. The topological polar surface area (TPSA) is 117 Å². The average molecular weight is 295 g/mol. The van der Waals surface area contributed by atoms with E-state index in [2.05, 4.69) is 15.7 Å². The van der Waals surface area contributed by atoms with E-state index < -0.39 is 30.4 Å². The number of carboxylic acid groups (broad SMARTS) is 1. The van der Waals surface area contributed by atoms with Crippen molar-refractivity contribution in [3.63, 3.8) is 0 Å². The van der Waals surface area contributed by atoms with Gasteiger partial charge in [-0.2, -0.15) is 5.10 Å². The standard InChI is InChI=1S/C12H17N5O4/c1-7-8(6-16(2)15-7)14-12(21)17-4-3-13-11(20)9(17)5-10(18)19/h6,9H,3-5H2,1-2H3,(H,13,20)(H,14,21)(H,18,19). The summed E-state index contributed by atoms with van der Waals surface area (Å²) in [4.78, 5) is 36.1. The molecule has 1 aromatic rings. The first kappa shape index (κ1) is 14.8. The number of urea groups is 1. The minimum Gasteiger partial charge on any atom is -0.481 e. The van der Waals surface area contributed by atoms with Gasteiger partial charge < -0.3 is 20.6 Å². The fraction of sp³-hybridized carbons (Fsp3) is 0.500. The lowest BCUT2D eigenvalue weighted by atomic mass is 10.1. The molecule has 114 valence electrons. The number of rotatable bonds is 3. The summed E-state index contributed by atoms with van der Waals surface area (Å²) >= 11 is 0. The van der Waals surface area contributed by atoms with Gasteiger partial charge >= 0.3 is 12.0 Å². The molecular formula is C12H17N5O4. The van der Waals surface area contributed by atoms with Gasteiger partial charge in [-0.25, -0.2) is 4.79 Å². The molecule has 0 aliphatic carbocycles. The molecule has 1 saturated heterocycles. The van der Waals surface area contributed by atoms with E-state index in [0.717, 1.165) is 0 Å². The summed E-state index contributed by atoms with van der Waals surface area (Å²) in [5.41, 5.74) is 1.17. The fourth-order valence-electron chi connectivity index (χ4n) is 2.24. The van der Waals surface area contributed by atoms with Gasteiger partial charge in [-0.15, -0.1) is 0 Å². The first-order chi connectivity index (χ1) is 9.88. The number of hydrogen-bond acceptors (Lipinski definition) is 4. The van der Waals surface area contributed by atoms with Crippen LogP contribution in [0.15, 0.2) is 6.20 Å². The van der Waals surface area contributed by atoms with Crippen molar-refractivity contribution in [2.24, 2.45) is 7.05 Å². The summed E-state index contributed by atoms with van der Waals surface area (Å²) in [7, 11) is 1.73. The largest absolute Gasteiger partial charge is 0.481 e. The first-order valence-electron chi connectivity index (χ1n) is 6.46. The lowest BCUT2D eigenvalue weighted by molar-refractivity contribution is -0.142. The van der Waals surface area contributed by atoms with E-state index in [0.29, 0.717) is 17.9 Å². The summed E-state index contributed by atoms with van der Waals surface area (Å²) in [6.45, 7) is 2.30. The number of anilines is 1. The van der Waals surface area contributed by atoms with Gasteiger partial charge in [0, 0.05) is 26.3 Å². The number of nitrogens with zero attached hydrogens (tertiary/aromatic N) is 3. The number of piperazine rings is 1. The van der Waals surface area contributed by atoms with Crippen LogP contribution in [0.2, 0.25) is 0 Å². The molecule has 1 aliphatic heterocycles. The van der Waals surface area contributed by atoms with Gasteiger partial charge in [0.2, 0.25) is 5.91 Å². The van der Waals surface area contributed by atoms with Gasteiger partial charge in [0.15, 0.2) is 0 Å². The van der Waals surface area contributed by atoms with Crippen LogP contribution in [0.3, 0.4) is 0 Å². The second-order valence-electron chi connectivity index (χ2n) is 4.83. The van der Waals surface area contributed by atoms with Gasteiger partial charge in [-0.05, 0) is 6.92 Å². The van der Waals surface area contributed by atoms with E-state index in [1.165, 1.54) is 4.90 Å². The Morgan fingerprint density at radius 3 is 2.86 bits per heavy atom. The number of amides is 3. The SMILES string of the molecule is Cc1nn(C)cc1NC(=O)N1CCNC(=O)C1CC(=O)O. The highest BCUT2D eigenvalue weighted by Gasteiger charge is 2.34. The van der Waals surface area contributed by atoms with Crippen LogP contribution in [0.5, 0.6) is 0 Å². The molecule has 1 fully saturated rings. The van der Waals surface area contributed by atoms with Crippen molar-refractivity contribution in [1.29, 1.82) is 0 Å². The van der Waals surface area contributed by atoms with E-state index in [4.69, 9.17) is 5.11 Å². The molecule has 9 heteroatoms. The van der Waals surface area contributed by atoms with E-state index in [9.17, 15) is 14.4 Å². The molecule has 3 amide bonds. The van der Waals surface area contributed by atoms with Crippen molar-refractivity contribution >= 4 is 23.6 Å². The van der Waals surface area contributed by atoms with E-state index in [1.807, 2.05) is 0 Å². The second-order valence-corrected chi connectivity index (χ2v) is 4.83. The van der Waals surface area contributed by atoms with Crippen molar-refractivity contribution < 1.29 is 19.5 Å². The Labute approximate surface area is 120 Å². The maximum absolute atomic E-state index is 12.3. The van der Waals surface area contributed by atoms with Crippen molar-refractivity contribution in [2.45, 2.75) is 19.4 Å². The van der Waals surface area contributed by atoms with Gasteiger partial charge in [0.05, 0.1) is 17.8 Å². The molecule has 1 atom stereocenters. The lowest BCUT2D eigenvalue weighted by Crippen LogP contribution is -2.58. The molecule has 3 N–H and O–H groups in total. The number of aliphatic carboxylic acids is 1. The second kappa shape index (κ2) is 5.81. The zero-order valence-electron chi connectivity index (χ0n) is 11.8. The highest BCUT2D eigenvalue weighted by Crippen LogP contribution is 2.15. The minimum absolute atomic E-state index is 0.259. The van der Waals surface area contributed by atoms with E-state index >= 15 is 0 Å². The molecule has 0 aromatic carbocycles. The first-order valence-corrected chi connectivity index (χ1v) is 6.46. The summed E-state index contributed by atoms with van der Waals surface area (Å²) in [6, 6.07) is -1.51. The van der Waals surface area contributed by atoms with Crippen LogP contribution < -0.4 is 10.6 Å². The Balaban J connectivity index is 2.13. The molecule has 0 saturated carbocycles. The molecule has 9 nitrogen and oxygen atoms in total. The third-order valence-electron chi connectivity index (χ3n) is 3.21. The third-order valence-corrected chi connectivity index (χ3v) is 3.21. The van der Waals surface area contributed by atoms with Crippen LogP contribution in [0, 0.1) is 6.92 Å². The molecule has 2 rings (SSSR count). The highest BCUT2D eigenvalue weighted by atomic mass is 16.4. The van der Waals surface area contributed by atoms with Crippen LogP contribution >= 0.6 is 0 Å². The quantitative estimate of drug-likeness (QED) is 0.697. The predicted molar refractivity (Wildman–Crippen MR) is 72.7 cm³/mol. The average Bonchev–Trinajstić information content (AvgIpc) is 2.69. The molecule has 0 radical (unpaired) electrons. The summed E-state index contributed by atoms with van der Waals surface area (Å²) in [6.07, 6.45) is 1.22.